The van der Waals surface area contributed by atoms with Crippen LogP contribution >= 0.6 is 0 Å². The Hall–Kier alpha value is -1.82. The summed E-state index contributed by atoms with van der Waals surface area (Å²) in [7, 11) is 0. The zero-order valence-electron chi connectivity index (χ0n) is 11.2. The molecule has 0 aliphatic heterocycles. The van der Waals surface area contributed by atoms with E-state index >= 15 is 0 Å². The van der Waals surface area contributed by atoms with Gasteiger partial charge in [-0.3, -0.25) is 0 Å². The van der Waals surface area contributed by atoms with Crippen LogP contribution < -0.4 is 0 Å². The molecule has 0 heteroatoms. The summed E-state index contributed by atoms with van der Waals surface area (Å²) in [6, 6.07) is 15.9. The van der Waals surface area contributed by atoms with Crippen molar-refractivity contribution in [2.45, 2.75) is 27.2 Å². The van der Waals surface area contributed by atoms with Crippen LogP contribution in [0.15, 0.2) is 42.5 Å². The highest BCUT2D eigenvalue weighted by Crippen LogP contribution is 2.29. The van der Waals surface area contributed by atoms with Crippen molar-refractivity contribution in [3.05, 3.63) is 59.2 Å². The molecule has 0 atom stereocenters. The van der Waals surface area contributed by atoms with Crippen LogP contribution in [0.25, 0.3) is 21.5 Å². The van der Waals surface area contributed by atoms with Gasteiger partial charge >= 0.3 is 0 Å². The molecule has 0 heterocycles. The van der Waals surface area contributed by atoms with E-state index in [9.17, 15) is 0 Å². The van der Waals surface area contributed by atoms with E-state index in [1.807, 2.05) is 0 Å². The average molecular weight is 234 g/mol. The Morgan fingerprint density at radius 3 is 2.17 bits per heavy atom. The second kappa shape index (κ2) is 4.13. The van der Waals surface area contributed by atoms with E-state index in [1.165, 1.54) is 38.2 Å². The third kappa shape index (κ3) is 1.69. The molecule has 3 rings (SSSR count). The van der Waals surface area contributed by atoms with E-state index in [0.29, 0.717) is 0 Å². The lowest BCUT2D eigenvalue weighted by molar-refractivity contribution is 1.15. The smallest absolute Gasteiger partial charge is 0.0148 e. The van der Waals surface area contributed by atoms with Crippen molar-refractivity contribution in [2.75, 3.05) is 0 Å². The summed E-state index contributed by atoms with van der Waals surface area (Å²) >= 11 is 0. The molecule has 0 fully saturated rings. The van der Waals surface area contributed by atoms with Gasteiger partial charge in [0.1, 0.15) is 0 Å². The van der Waals surface area contributed by atoms with Crippen LogP contribution in [0.5, 0.6) is 0 Å². The van der Waals surface area contributed by atoms with Crippen LogP contribution in [-0.4, -0.2) is 0 Å². The maximum Gasteiger partial charge on any atom is -0.0148 e. The van der Waals surface area contributed by atoms with Gasteiger partial charge in [0.05, 0.1) is 0 Å². The normalized spacial score (nSPS) is 11.3. The third-order valence-electron chi connectivity index (χ3n) is 3.85. The SMILES string of the molecule is CCc1ccc2c(C)c3ccc(C)cc3cc2c1. The second-order valence-electron chi connectivity index (χ2n) is 5.14. The van der Waals surface area contributed by atoms with E-state index in [2.05, 4.69) is 63.2 Å². The Kier molecular flexibility index (Phi) is 2.59. The molecular weight excluding hydrogens is 216 g/mol. The van der Waals surface area contributed by atoms with Crippen LogP contribution in [0.1, 0.15) is 23.6 Å². The molecule has 3 aromatic carbocycles. The molecular formula is C18H18. The molecule has 90 valence electrons. The quantitative estimate of drug-likeness (QED) is 0.509. The maximum absolute atomic E-state index is 2.32. The van der Waals surface area contributed by atoms with Gasteiger partial charge in [-0.2, -0.15) is 0 Å². The van der Waals surface area contributed by atoms with E-state index in [4.69, 9.17) is 0 Å². The molecule has 3 aromatic rings. The Bertz CT molecular complexity index is 736. The Morgan fingerprint density at radius 2 is 1.44 bits per heavy atom. The van der Waals surface area contributed by atoms with Gasteiger partial charge in [-0.1, -0.05) is 48.9 Å². The fraction of sp³-hybridized carbons (Fsp3) is 0.222. The predicted octanol–water partition coefficient (Wildman–Crippen LogP) is 5.17. The summed E-state index contributed by atoms with van der Waals surface area (Å²) in [5.41, 5.74) is 4.13. The minimum atomic E-state index is 1.10. The maximum atomic E-state index is 2.32. The fourth-order valence-corrected chi connectivity index (χ4v) is 2.75. The summed E-state index contributed by atoms with van der Waals surface area (Å²) in [5, 5.41) is 5.47. The molecule has 0 amide bonds. The monoisotopic (exact) mass is 234 g/mol. The van der Waals surface area contributed by atoms with Crippen LogP contribution in [0, 0.1) is 13.8 Å². The van der Waals surface area contributed by atoms with Crippen LogP contribution in [-0.2, 0) is 6.42 Å². The van der Waals surface area contributed by atoms with Crippen molar-refractivity contribution >= 4 is 21.5 Å². The first-order valence-corrected chi connectivity index (χ1v) is 6.61. The van der Waals surface area contributed by atoms with Gasteiger partial charge in [0.15, 0.2) is 0 Å². The lowest BCUT2D eigenvalue weighted by atomic mass is 9.95. The first-order valence-electron chi connectivity index (χ1n) is 6.61. The molecule has 0 unspecified atom stereocenters. The van der Waals surface area contributed by atoms with Gasteiger partial charge in [0, 0.05) is 0 Å². The average Bonchev–Trinajstić information content (AvgIpc) is 2.38. The second-order valence-corrected chi connectivity index (χ2v) is 5.14. The van der Waals surface area contributed by atoms with Crippen molar-refractivity contribution in [1.29, 1.82) is 0 Å². The van der Waals surface area contributed by atoms with Crippen molar-refractivity contribution in [1.82, 2.24) is 0 Å². The predicted molar refractivity (Wildman–Crippen MR) is 80.3 cm³/mol. The van der Waals surface area contributed by atoms with E-state index in [1.54, 1.807) is 0 Å². The zero-order valence-corrected chi connectivity index (χ0v) is 11.2. The molecule has 18 heavy (non-hydrogen) atoms. The number of hydrogen-bond donors (Lipinski definition) is 0. The largest absolute Gasteiger partial charge is 0.0613 e. The first-order chi connectivity index (χ1) is 8.69. The van der Waals surface area contributed by atoms with Crippen molar-refractivity contribution in [3.8, 4) is 0 Å². The van der Waals surface area contributed by atoms with Gasteiger partial charge in [0.25, 0.3) is 0 Å². The van der Waals surface area contributed by atoms with Crippen LogP contribution in [0.2, 0.25) is 0 Å². The molecule has 0 N–H and O–H groups in total. The Morgan fingerprint density at radius 1 is 0.778 bits per heavy atom. The highest BCUT2D eigenvalue weighted by molar-refractivity contribution is 6.02. The number of aryl methyl sites for hydroxylation is 3. The van der Waals surface area contributed by atoms with Crippen LogP contribution in [0.3, 0.4) is 0 Å². The molecule has 0 aromatic heterocycles. The van der Waals surface area contributed by atoms with Crippen molar-refractivity contribution < 1.29 is 0 Å². The lowest BCUT2D eigenvalue weighted by Gasteiger charge is -2.09. The van der Waals surface area contributed by atoms with Crippen molar-refractivity contribution in [3.63, 3.8) is 0 Å². The minimum Gasteiger partial charge on any atom is -0.0613 e. The van der Waals surface area contributed by atoms with Crippen molar-refractivity contribution in [2.24, 2.45) is 0 Å². The number of benzene rings is 3. The zero-order chi connectivity index (χ0) is 12.7. The van der Waals surface area contributed by atoms with Crippen LogP contribution in [0.4, 0.5) is 0 Å². The van der Waals surface area contributed by atoms with Gasteiger partial charge < -0.3 is 0 Å². The molecule has 0 aliphatic carbocycles. The topological polar surface area (TPSA) is 0 Å². The molecule has 0 aliphatic rings. The summed E-state index contributed by atoms with van der Waals surface area (Å²) in [5.74, 6) is 0. The minimum absolute atomic E-state index is 1.10. The van der Waals surface area contributed by atoms with E-state index in [-0.39, 0.29) is 0 Å². The number of fused-ring (bicyclic) bond motifs is 2. The van der Waals surface area contributed by atoms with Gasteiger partial charge in [0.2, 0.25) is 0 Å². The summed E-state index contributed by atoms with van der Waals surface area (Å²) in [4.78, 5) is 0. The first kappa shape index (κ1) is 11.3. The standard InChI is InChI=1S/C18H18/c1-4-14-6-8-18-13(3)17-7-5-12(2)9-15(17)11-16(18)10-14/h5-11H,4H2,1-3H3. The van der Waals surface area contributed by atoms with E-state index < -0.39 is 0 Å². The Balaban J connectivity index is 2.44. The third-order valence-corrected chi connectivity index (χ3v) is 3.85. The summed E-state index contributed by atoms with van der Waals surface area (Å²) in [6.07, 6.45) is 1.10. The van der Waals surface area contributed by atoms with Gasteiger partial charge in [-0.25, -0.2) is 0 Å². The lowest BCUT2D eigenvalue weighted by Crippen LogP contribution is -1.86. The fourth-order valence-electron chi connectivity index (χ4n) is 2.75. The number of hydrogen-bond acceptors (Lipinski definition) is 0. The molecule has 0 bridgehead atoms. The van der Waals surface area contributed by atoms with Gasteiger partial charge in [-0.15, -0.1) is 0 Å². The Labute approximate surface area is 108 Å². The van der Waals surface area contributed by atoms with Gasteiger partial charge in [-0.05, 0) is 59.0 Å². The molecule has 0 spiro atoms. The molecule has 0 saturated heterocycles. The molecule has 0 radical (unpaired) electrons. The number of rotatable bonds is 1. The molecule has 0 nitrogen and oxygen atoms in total. The molecule has 0 saturated carbocycles. The highest BCUT2D eigenvalue weighted by atomic mass is 14.1. The summed E-state index contributed by atoms with van der Waals surface area (Å²) < 4.78 is 0. The summed E-state index contributed by atoms with van der Waals surface area (Å²) in [6.45, 7) is 6.59. The highest BCUT2D eigenvalue weighted by Gasteiger charge is 2.04. The van der Waals surface area contributed by atoms with E-state index in [0.717, 1.165) is 6.42 Å².